The fourth-order valence-electron chi connectivity index (χ4n) is 2.42. The number of hydrogen-bond acceptors (Lipinski definition) is 3. The van der Waals surface area contributed by atoms with Crippen LogP contribution in [-0.2, 0) is 12.8 Å². The maximum absolute atomic E-state index is 5.92. The van der Waals surface area contributed by atoms with Crippen LogP contribution in [0.4, 0.5) is 0 Å². The third kappa shape index (κ3) is 3.98. The van der Waals surface area contributed by atoms with Crippen LogP contribution in [0.3, 0.4) is 0 Å². The van der Waals surface area contributed by atoms with Crippen molar-refractivity contribution < 1.29 is 4.74 Å². The van der Waals surface area contributed by atoms with Gasteiger partial charge in [0.1, 0.15) is 11.5 Å². The van der Waals surface area contributed by atoms with Gasteiger partial charge in [-0.15, -0.1) is 0 Å². The topological polar surface area (TPSA) is 9.23 Å². The van der Waals surface area contributed by atoms with Gasteiger partial charge in [0.2, 0.25) is 0 Å². The van der Waals surface area contributed by atoms with Crippen molar-refractivity contribution in [2.45, 2.75) is 23.3 Å². The molecule has 0 saturated carbocycles. The molecule has 0 bridgehead atoms. The average molecular weight is 314 g/mol. The molecule has 2 aliphatic rings. The Hall–Kier alpha value is -1.06. The minimum absolute atomic E-state index is 0.856. The largest absolute Gasteiger partial charge is 0.457 e. The predicted molar refractivity (Wildman–Crippen MR) is 92.9 cm³/mol. The molecule has 0 aromatic heterocycles. The molecule has 2 aromatic carbocycles. The zero-order chi connectivity index (χ0) is 14.1. The molecule has 0 aliphatic carbocycles. The van der Waals surface area contributed by atoms with E-state index in [-0.39, 0.29) is 0 Å². The maximum atomic E-state index is 5.92. The highest BCUT2D eigenvalue weighted by Gasteiger charge is 2.22. The number of rotatable bonds is 6. The molecule has 2 unspecified atom stereocenters. The summed E-state index contributed by atoms with van der Waals surface area (Å²) in [6.45, 7) is 0. The lowest BCUT2D eigenvalue weighted by molar-refractivity contribution is 0.482. The molecular weight excluding hydrogens is 296 g/mol. The van der Waals surface area contributed by atoms with Gasteiger partial charge in [-0.05, 0) is 48.2 Å². The van der Waals surface area contributed by atoms with E-state index in [9.17, 15) is 0 Å². The van der Waals surface area contributed by atoms with E-state index in [0.717, 1.165) is 22.0 Å². The molecule has 0 spiro atoms. The smallest absolute Gasteiger partial charge is 0.127 e. The van der Waals surface area contributed by atoms with E-state index < -0.39 is 0 Å². The van der Waals surface area contributed by atoms with Crippen LogP contribution < -0.4 is 4.74 Å². The average Bonchev–Trinajstić information content (AvgIpc) is 3.40. The normalized spacial score (nSPS) is 22.9. The zero-order valence-corrected chi connectivity index (χ0v) is 13.5. The lowest BCUT2D eigenvalue weighted by Crippen LogP contribution is -1.93. The van der Waals surface area contributed by atoms with Crippen molar-refractivity contribution in [3.63, 3.8) is 0 Å². The highest BCUT2D eigenvalue weighted by atomic mass is 32.2. The molecule has 0 radical (unpaired) electrons. The molecule has 0 N–H and O–H groups in total. The lowest BCUT2D eigenvalue weighted by atomic mass is 10.1. The first-order chi connectivity index (χ1) is 10.3. The van der Waals surface area contributed by atoms with Crippen molar-refractivity contribution in [1.82, 2.24) is 0 Å². The Bertz CT molecular complexity index is 543. The molecule has 1 nitrogen and oxygen atoms in total. The number of ether oxygens (including phenoxy) is 1. The highest BCUT2D eigenvalue weighted by molar-refractivity contribution is 8.07. The second kappa shape index (κ2) is 5.98. The van der Waals surface area contributed by atoms with Crippen molar-refractivity contribution in [3.05, 3.63) is 59.7 Å². The molecule has 2 aromatic rings. The van der Waals surface area contributed by atoms with Gasteiger partial charge in [0.25, 0.3) is 0 Å². The monoisotopic (exact) mass is 314 g/mol. The number of thioether (sulfide) groups is 2. The van der Waals surface area contributed by atoms with Gasteiger partial charge >= 0.3 is 0 Å². The molecule has 0 amide bonds. The molecule has 108 valence electrons. The van der Waals surface area contributed by atoms with Crippen LogP contribution in [0.5, 0.6) is 11.5 Å². The second-order valence-electron chi connectivity index (χ2n) is 5.71. The number of benzene rings is 2. The van der Waals surface area contributed by atoms with Gasteiger partial charge in [-0.1, -0.05) is 24.3 Å². The fourth-order valence-corrected chi connectivity index (χ4v) is 3.55. The molecular formula is C18H18OS2. The third-order valence-electron chi connectivity index (χ3n) is 3.81. The molecule has 2 heterocycles. The summed E-state index contributed by atoms with van der Waals surface area (Å²) in [5, 5.41) is 1.71. The summed E-state index contributed by atoms with van der Waals surface area (Å²) >= 11 is 4.09. The van der Waals surface area contributed by atoms with Crippen molar-refractivity contribution in [2.75, 3.05) is 11.5 Å². The van der Waals surface area contributed by atoms with Gasteiger partial charge < -0.3 is 4.74 Å². The van der Waals surface area contributed by atoms with Crippen LogP contribution in [0.15, 0.2) is 48.5 Å². The van der Waals surface area contributed by atoms with Crippen molar-refractivity contribution in [2.24, 2.45) is 0 Å². The Morgan fingerprint density at radius 3 is 1.43 bits per heavy atom. The summed E-state index contributed by atoms with van der Waals surface area (Å²) in [5.74, 6) is 4.49. The summed E-state index contributed by atoms with van der Waals surface area (Å²) in [7, 11) is 0. The summed E-state index contributed by atoms with van der Waals surface area (Å²) < 4.78 is 5.92. The number of hydrogen-bond donors (Lipinski definition) is 0. The van der Waals surface area contributed by atoms with Crippen LogP contribution in [0, 0.1) is 0 Å². The Morgan fingerprint density at radius 2 is 1.10 bits per heavy atom. The maximum Gasteiger partial charge on any atom is 0.127 e. The van der Waals surface area contributed by atoms with E-state index >= 15 is 0 Å². The standard InChI is InChI=1S/C18H18OS2/c1-5-15(6-2-13(1)9-17-11-20-17)19-16-7-3-14(4-8-16)10-18-12-21-18/h1-8,17-18H,9-12H2. The van der Waals surface area contributed by atoms with E-state index in [1.165, 1.54) is 35.5 Å². The first kappa shape index (κ1) is 13.6. The van der Waals surface area contributed by atoms with Crippen molar-refractivity contribution >= 4 is 23.5 Å². The molecule has 2 fully saturated rings. The van der Waals surface area contributed by atoms with E-state index in [1.54, 1.807) is 0 Å². The van der Waals surface area contributed by atoms with Crippen molar-refractivity contribution in [1.29, 1.82) is 0 Å². The molecule has 2 atom stereocenters. The van der Waals surface area contributed by atoms with E-state index in [2.05, 4.69) is 48.5 Å². The quantitative estimate of drug-likeness (QED) is 0.709. The molecule has 21 heavy (non-hydrogen) atoms. The van der Waals surface area contributed by atoms with Gasteiger partial charge in [0.15, 0.2) is 0 Å². The van der Waals surface area contributed by atoms with Crippen LogP contribution in [0.1, 0.15) is 11.1 Å². The summed E-state index contributed by atoms with van der Waals surface area (Å²) in [6, 6.07) is 17.1. The van der Waals surface area contributed by atoms with Crippen molar-refractivity contribution in [3.8, 4) is 11.5 Å². The first-order valence-electron chi connectivity index (χ1n) is 7.44. The van der Waals surface area contributed by atoms with Crippen LogP contribution >= 0.6 is 23.5 Å². The third-order valence-corrected chi connectivity index (χ3v) is 5.76. The van der Waals surface area contributed by atoms with Gasteiger partial charge in [-0.2, -0.15) is 23.5 Å². The molecule has 4 rings (SSSR count). The molecule has 2 saturated heterocycles. The summed E-state index contributed by atoms with van der Waals surface area (Å²) in [6.07, 6.45) is 2.39. The summed E-state index contributed by atoms with van der Waals surface area (Å²) in [4.78, 5) is 0. The van der Waals surface area contributed by atoms with E-state index in [4.69, 9.17) is 4.74 Å². The Kier molecular flexibility index (Phi) is 3.87. The van der Waals surface area contributed by atoms with Gasteiger partial charge in [-0.3, -0.25) is 0 Å². The lowest BCUT2D eigenvalue weighted by Gasteiger charge is -2.07. The Balaban J connectivity index is 1.37. The predicted octanol–water partition coefficient (Wildman–Crippen LogP) is 4.79. The Morgan fingerprint density at radius 1 is 0.714 bits per heavy atom. The zero-order valence-electron chi connectivity index (χ0n) is 11.8. The van der Waals surface area contributed by atoms with Crippen LogP contribution in [0.25, 0.3) is 0 Å². The molecule has 3 heteroatoms. The SMILES string of the molecule is c1cc(Oc2ccc(CC3CS3)cc2)ccc1CC1CS1. The fraction of sp³-hybridized carbons (Fsp3) is 0.333. The summed E-state index contributed by atoms with van der Waals surface area (Å²) in [5.41, 5.74) is 2.82. The van der Waals surface area contributed by atoms with Crippen LogP contribution in [-0.4, -0.2) is 22.0 Å². The van der Waals surface area contributed by atoms with E-state index in [1.807, 2.05) is 23.5 Å². The highest BCUT2D eigenvalue weighted by Crippen LogP contribution is 2.34. The second-order valence-corrected chi connectivity index (χ2v) is 8.38. The van der Waals surface area contributed by atoms with Crippen LogP contribution in [0.2, 0.25) is 0 Å². The minimum Gasteiger partial charge on any atom is -0.457 e. The van der Waals surface area contributed by atoms with E-state index in [0.29, 0.717) is 0 Å². The Labute approximate surface area is 134 Å². The van der Waals surface area contributed by atoms with Gasteiger partial charge in [0, 0.05) is 22.0 Å². The van der Waals surface area contributed by atoms with Gasteiger partial charge in [-0.25, -0.2) is 0 Å². The van der Waals surface area contributed by atoms with Gasteiger partial charge in [0.05, 0.1) is 0 Å². The first-order valence-corrected chi connectivity index (χ1v) is 9.54. The molecule has 2 aliphatic heterocycles. The minimum atomic E-state index is 0.856.